The van der Waals surface area contributed by atoms with E-state index in [0.29, 0.717) is 0 Å². The second kappa shape index (κ2) is 5.29. The smallest absolute Gasteiger partial charge is 0.417 e. The van der Waals surface area contributed by atoms with Crippen LogP contribution in [0.2, 0.25) is 0 Å². The summed E-state index contributed by atoms with van der Waals surface area (Å²) in [4.78, 5) is 26.5. The lowest BCUT2D eigenvalue weighted by Crippen LogP contribution is -2.11. The number of pyridine rings is 1. The SMILES string of the molecule is Cc1nc2c(c(-c3ccccc3C(F)(F)F)c1[N+](=O)[O-])C(=O)OC2. The van der Waals surface area contributed by atoms with E-state index in [4.69, 9.17) is 4.74 Å². The second-order valence-corrected chi connectivity index (χ2v) is 5.12. The molecule has 0 saturated carbocycles. The number of nitro groups is 1. The summed E-state index contributed by atoms with van der Waals surface area (Å²) in [5.74, 6) is -0.924. The van der Waals surface area contributed by atoms with Crippen LogP contribution in [-0.4, -0.2) is 15.9 Å². The molecule has 3 rings (SSSR count). The highest BCUT2D eigenvalue weighted by molar-refractivity contribution is 6.03. The molecule has 1 aromatic heterocycles. The molecular weight excluding hydrogens is 329 g/mol. The lowest BCUT2D eigenvalue weighted by molar-refractivity contribution is -0.385. The summed E-state index contributed by atoms with van der Waals surface area (Å²) < 4.78 is 44.7. The molecule has 0 spiro atoms. The summed E-state index contributed by atoms with van der Waals surface area (Å²) in [5, 5.41) is 11.4. The number of rotatable bonds is 2. The lowest BCUT2D eigenvalue weighted by atomic mass is 9.92. The minimum absolute atomic E-state index is 0.0796. The van der Waals surface area contributed by atoms with Gasteiger partial charge in [-0.15, -0.1) is 0 Å². The summed E-state index contributed by atoms with van der Waals surface area (Å²) in [7, 11) is 0. The molecule has 9 heteroatoms. The standard InChI is InChI=1S/C15H9F3N2O4/c1-7-13(20(22)23)11(12-10(19-7)6-24-14(12)21)8-4-2-3-5-9(8)15(16,17)18/h2-5H,6H2,1H3. The number of hydrogen-bond donors (Lipinski definition) is 0. The highest BCUT2D eigenvalue weighted by atomic mass is 19.4. The van der Waals surface area contributed by atoms with Crippen LogP contribution in [0.5, 0.6) is 0 Å². The summed E-state index contributed by atoms with van der Waals surface area (Å²) >= 11 is 0. The number of ether oxygens (including phenoxy) is 1. The molecule has 2 heterocycles. The van der Waals surface area contributed by atoms with Gasteiger partial charge in [0.15, 0.2) is 0 Å². The Bertz CT molecular complexity index is 874. The first kappa shape index (κ1) is 15.9. The molecule has 124 valence electrons. The largest absolute Gasteiger partial charge is 0.455 e. The molecule has 0 saturated heterocycles. The fourth-order valence-electron chi connectivity index (χ4n) is 2.72. The number of benzene rings is 1. The number of cyclic esters (lactones) is 1. The zero-order chi connectivity index (χ0) is 17.6. The first-order valence-corrected chi connectivity index (χ1v) is 6.73. The van der Waals surface area contributed by atoms with Gasteiger partial charge >= 0.3 is 12.1 Å². The minimum Gasteiger partial charge on any atom is -0.455 e. The van der Waals surface area contributed by atoms with Crippen molar-refractivity contribution in [3.05, 3.63) is 56.9 Å². The second-order valence-electron chi connectivity index (χ2n) is 5.12. The molecule has 0 radical (unpaired) electrons. The van der Waals surface area contributed by atoms with Crippen molar-refractivity contribution in [1.82, 2.24) is 4.98 Å². The van der Waals surface area contributed by atoms with E-state index < -0.39 is 39.4 Å². The van der Waals surface area contributed by atoms with Crippen LogP contribution in [0, 0.1) is 17.0 Å². The molecule has 1 aliphatic heterocycles. The number of aryl methyl sites for hydroxylation is 1. The third-order valence-corrected chi connectivity index (χ3v) is 3.65. The summed E-state index contributed by atoms with van der Waals surface area (Å²) in [6.45, 7) is 1.08. The van der Waals surface area contributed by atoms with Gasteiger partial charge in [0.2, 0.25) is 0 Å². The van der Waals surface area contributed by atoms with Gasteiger partial charge in [-0.2, -0.15) is 13.2 Å². The zero-order valence-electron chi connectivity index (χ0n) is 12.2. The van der Waals surface area contributed by atoms with Gasteiger partial charge in [0.1, 0.15) is 12.3 Å². The number of carbonyl (C=O) groups is 1. The highest BCUT2D eigenvalue weighted by Crippen LogP contribution is 2.44. The Morgan fingerprint density at radius 3 is 2.54 bits per heavy atom. The number of carbonyl (C=O) groups excluding carboxylic acids is 1. The molecule has 1 aliphatic rings. The van der Waals surface area contributed by atoms with Gasteiger partial charge < -0.3 is 4.74 Å². The van der Waals surface area contributed by atoms with E-state index in [2.05, 4.69) is 4.98 Å². The van der Waals surface area contributed by atoms with Crippen molar-refractivity contribution >= 4 is 11.7 Å². The van der Waals surface area contributed by atoms with Crippen molar-refractivity contribution in [3.63, 3.8) is 0 Å². The third kappa shape index (κ3) is 2.38. The van der Waals surface area contributed by atoms with E-state index in [9.17, 15) is 28.1 Å². The quantitative estimate of drug-likeness (QED) is 0.474. The predicted octanol–water partition coefficient (Wildman–Crippen LogP) is 3.65. The fourth-order valence-corrected chi connectivity index (χ4v) is 2.72. The van der Waals surface area contributed by atoms with Crippen LogP contribution in [0.1, 0.15) is 27.3 Å². The lowest BCUT2D eigenvalue weighted by Gasteiger charge is -2.15. The van der Waals surface area contributed by atoms with Crippen LogP contribution in [0.25, 0.3) is 11.1 Å². The maximum absolute atomic E-state index is 13.3. The Kier molecular flexibility index (Phi) is 3.51. The van der Waals surface area contributed by atoms with Gasteiger partial charge in [0.05, 0.1) is 27.3 Å². The molecule has 0 aliphatic carbocycles. The zero-order valence-corrected chi connectivity index (χ0v) is 12.2. The van der Waals surface area contributed by atoms with E-state index in [1.807, 2.05) is 0 Å². The van der Waals surface area contributed by atoms with E-state index >= 15 is 0 Å². The molecule has 0 unspecified atom stereocenters. The topological polar surface area (TPSA) is 82.3 Å². The van der Waals surface area contributed by atoms with Crippen molar-refractivity contribution < 1.29 is 27.6 Å². The molecule has 2 aromatic rings. The normalized spacial score (nSPS) is 13.6. The van der Waals surface area contributed by atoms with Crippen LogP contribution in [0.4, 0.5) is 18.9 Å². The highest BCUT2D eigenvalue weighted by Gasteiger charge is 2.40. The monoisotopic (exact) mass is 338 g/mol. The van der Waals surface area contributed by atoms with Crippen LogP contribution in [0.3, 0.4) is 0 Å². The van der Waals surface area contributed by atoms with Crippen molar-refractivity contribution in [2.24, 2.45) is 0 Å². The van der Waals surface area contributed by atoms with Gasteiger partial charge in [-0.05, 0) is 13.0 Å². The number of halogens is 3. The van der Waals surface area contributed by atoms with Crippen LogP contribution in [-0.2, 0) is 17.5 Å². The number of nitrogens with zero attached hydrogens (tertiary/aromatic N) is 2. The van der Waals surface area contributed by atoms with Gasteiger partial charge in [-0.25, -0.2) is 9.78 Å². The van der Waals surface area contributed by atoms with E-state index in [1.165, 1.54) is 19.1 Å². The fraction of sp³-hybridized carbons (Fsp3) is 0.200. The van der Waals surface area contributed by atoms with E-state index in [1.54, 1.807) is 0 Å². The Balaban J connectivity index is 2.46. The molecule has 0 amide bonds. The molecule has 1 aromatic carbocycles. The Morgan fingerprint density at radius 2 is 1.92 bits per heavy atom. The summed E-state index contributed by atoms with van der Waals surface area (Å²) in [5.41, 5.74) is -2.83. The number of alkyl halides is 3. The van der Waals surface area contributed by atoms with E-state index in [-0.39, 0.29) is 23.6 Å². The van der Waals surface area contributed by atoms with Crippen molar-refractivity contribution in [1.29, 1.82) is 0 Å². The number of esters is 1. The maximum atomic E-state index is 13.3. The Morgan fingerprint density at radius 1 is 1.25 bits per heavy atom. The summed E-state index contributed by atoms with van der Waals surface area (Å²) in [6, 6.07) is 4.39. The molecule has 0 bridgehead atoms. The Labute approximate surface area is 133 Å². The van der Waals surface area contributed by atoms with Crippen LogP contribution in [0.15, 0.2) is 24.3 Å². The molecule has 6 nitrogen and oxygen atoms in total. The maximum Gasteiger partial charge on any atom is 0.417 e. The van der Waals surface area contributed by atoms with Gasteiger partial charge in [0.25, 0.3) is 5.69 Å². The minimum atomic E-state index is -4.74. The average molecular weight is 338 g/mol. The number of aromatic nitrogens is 1. The average Bonchev–Trinajstić information content (AvgIpc) is 2.85. The summed E-state index contributed by atoms with van der Waals surface area (Å²) in [6.07, 6.45) is -4.74. The predicted molar refractivity (Wildman–Crippen MR) is 75.2 cm³/mol. The van der Waals surface area contributed by atoms with Crippen molar-refractivity contribution in [2.75, 3.05) is 0 Å². The molecule has 0 fully saturated rings. The Hall–Kier alpha value is -2.97. The van der Waals surface area contributed by atoms with Crippen LogP contribution < -0.4 is 0 Å². The molecule has 24 heavy (non-hydrogen) atoms. The third-order valence-electron chi connectivity index (χ3n) is 3.65. The molecular formula is C15H9F3N2O4. The van der Waals surface area contributed by atoms with Gasteiger partial charge in [-0.1, -0.05) is 18.2 Å². The molecule has 0 atom stereocenters. The number of fused-ring (bicyclic) bond motifs is 1. The molecule has 0 N–H and O–H groups in total. The van der Waals surface area contributed by atoms with Crippen LogP contribution >= 0.6 is 0 Å². The first-order chi connectivity index (χ1) is 11.2. The van der Waals surface area contributed by atoms with Gasteiger partial charge in [0, 0.05) is 5.56 Å². The van der Waals surface area contributed by atoms with E-state index in [0.717, 1.165) is 12.1 Å². The van der Waals surface area contributed by atoms with Crippen molar-refractivity contribution in [2.45, 2.75) is 19.7 Å². The first-order valence-electron chi connectivity index (χ1n) is 6.73. The number of hydrogen-bond acceptors (Lipinski definition) is 5. The van der Waals surface area contributed by atoms with Crippen molar-refractivity contribution in [3.8, 4) is 11.1 Å². The van der Waals surface area contributed by atoms with Gasteiger partial charge in [-0.3, -0.25) is 10.1 Å².